The van der Waals surface area contributed by atoms with Gasteiger partial charge in [-0.15, -0.1) is 0 Å². The fourth-order valence-electron chi connectivity index (χ4n) is 4.16. The van der Waals surface area contributed by atoms with Crippen molar-refractivity contribution >= 4 is 35.1 Å². The zero-order valence-electron chi connectivity index (χ0n) is 21.2. The fraction of sp³-hybridized carbons (Fsp3) is 0.429. The maximum atomic E-state index is 12.9. The maximum Gasteiger partial charge on any atom is 0.308 e. The number of benzene rings is 2. The van der Waals surface area contributed by atoms with Gasteiger partial charge in [0.1, 0.15) is 6.04 Å². The van der Waals surface area contributed by atoms with E-state index in [4.69, 9.17) is 17.0 Å². The first kappa shape index (κ1) is 27.3. The highest BCUT2D eigenvalue weighted by Crippen LogP contribution is 2.18. The second-order valence-electron chi connectivity index (χ2n) is 9.52. The number of amides is 2. The first-order valence-corrected chi connectivity index (χ1v) is 12.8. The topological polar surface area (TPSA) is 87.7 Å². The van der Waals surface area contributed by atoms with Gasteiger partial charge in [0.05, 0.1) is 18.9 Å². The lowest BCUT2D eigenvalue weighted by Gasteiger charge is -2.36. The Kier molecular flexibility index (Phi) is 9.99. The monoisotopic (exact) mass is 509 g/mol. The summed E-state index contributed by atoms with van der Waals surface area (Å²) in [7, 11) is 0. The number of nitrogens with zero attached hydrogens (tertiary/aromatic N) is 1. The van der Waals surface area contributed by atoms with Crippen molar-refractivity contribution in [3.8, 4) is 0 Å². The highest BCUT2D eigenvalue weighted by molar-refractivity contribution is 7.80. The molecule has 1 saturated heterocycles. The Hall–Kier alpha value is -3.26. The summed E-state index contributed by atoms with van der Waals surface area (Å²) in [6.07, 6.45) is 1.43. The lowest BCUT2D eigenvalue weighted by Crippen LogP contribution is -2.60. The van der Waals surface area contributed by atoms with Gasteiger partial charge in [0, 0.05) is 19.5 Å². The number of ether oxygens (including phenoxy) is 1. The van der Waals surface area contributed by atoms with Crippen LogP contribution < -0.4 is 10.6 Å². The van der Waals surface area contributed by atoms with Crippen molar-refractivity contribution in [2.24, 2.45) is 5.92 Å². The molecule has 192 valence electrons. The highest BCUT2D eigenvalue weighted by Gasteiger charge is 2.34. The molecule has 1 heterocycles. The van der Waals surface area contributed by atoms with Crippen LogP contribution in [0.25, 0.3) is 0 Å². The Labute approximate surface area is 218 Å². The van der Waals surface area contributed by atoms with E-state index in [9.17, 15) is 14.4 Å². The molecule has 2 amide bonds. The molecule has 8 heteroatoms. The standard InChI is InChI=1S/C28H35N3O4S/c1-19(2)17-22-9-11-23(12-10-22)20(3)26(33)30-28(36)31-15-14-29-27(34)24(31)18-25(32)35-16-13-21-7-5-4-6-8-21/h4-12,19-20,24H,13-18H2,1-3H3,(H,29,34)(H,30,33,36). The second-order valence-corrected chi connectivity index (χ2v) is 9.90. The van der Waals surface area contributed by atoms with Gasteiger partial charge in [0.2, 0.25) is 11.8 Å². The van der Waals surface area contributed by atoms with Crippen LogP contribution in [0.5, 0.6) is 0 Å². The van der Waals surface area contributed by atoms with Gasteiger partial charge in [-0.2, -0.15) is 0 Å². The molecule has 2 unspecified atom stereocenters. The second kappa shape index (κ2) is 13.2. The zero-order chi connectivity index (χ0) is 26.1. The summed E-state index contributed by atoms with van der Waals surface area (Å²) >= 11 is 5.48. The summed E-state index contributed by atoms with van der Waals surface area (Å²) in [5.74, 6) is -0.916. The van der Waals surface area contributed by atoms with Gasteiger partial charge in [-0.3, -0.25) is 14.4 Å². The quantitative estimate of drug-likeness (QED) is 0.398. The van der Waals surface area contributed by atoms with E-state index in [1.165, 1.54) is 5.56 Å². The molecule has 3 rings (SSSR count). The molecule has 1 aliphatic rings. The first-order chi connectivity index (χ1) is 17.2. The number of hydrogen-bond donors (Lipinski definition) is 2. The molecule has 0 bridgehead atoms. The van der Waals surface area contributed by atoms with Gasteiger partial charge in [-0.1, -0.05) is 68.4 Å². The average Bonchev–Trinajstić information content (AvgIpc) is 2.85. The zero-order valence-corrected chi connectivity index (χ0v) is 22.0. The minimum absolute atomic E-state index is 0.139. The molecule has 36 heavy (non-hydrogen) atoms. The molecule has 7 nitrogen and oxygen atoms in total. The van der Waals surface area contributed by atoms with Crippen LogP contribution in [0.1, 0.15) is 49.8 Å². The van der Waals surface area contributed by atoms with Crippen LogP contribution in [0.3, 0.4) is 0 Å². The lowest BCUT2D eigenvalue weighted by atomic mass is 9.96. The predicted octanol–water partition coefficient (Wildman–Crippen LogP) is 3.37. The Balaban J connectivity index is 1.55. The number of esters is 1. The Morgan fingerprint density at radius 1 is 1.08 bits per heavy atom. The average molecular weight is 510 g/mol. The van der Waals surface area contributed by atoms with Crippen LogP contribution >= 0.6 is 12.2 Å². The molecule has 0 aromatic heterocycles. The van der Waals surface area contributed by atoms with E-state index in [2.05, 4.69) is 24.5 Å². The third-order valence-corrected chi connectivity index (χ3v) is 6.53. The van der Waals surface area contributed by atoms with Crippen LogP contribution in [-0.4, -0.2) is 53.5 Å². The predicted molar refractivity (Wildman–Crippen MR) is 143 cm³/mol. The van der Waals surface area contributed by atoms with Crippen molar-refractivity contribution in [1.82, 2.24) is 15.5 Å². The Morgan fingerprint density at radius 3 is 2.44 bits per heavy atom. The maximum absolute atomic E-state index is 12.9. The van der Waals surface area contributed by atoms with Crippen molar-refractivity contribution in [1.29, 1.82) is 0 Å². The first-order valence-electron chi connectivity index (χ1n) is 12.4. The summed E-state index contributed by atoms with van der Waals surface area (Å²) < 4.78 is 5.36. The van der Waals surface area contributed by atoms with Crippen molar-refractivity contribution in [3.63, 3.8) is 0 Å². The van der Waals surface area contributed by atoms with E-state index in [1.807, 2.05) is 61.5 Å². The number of nitrogens with one attached hydrogen (secondary N) is 2. The molecule has 2 aromatic carbocycles. The van der Waals surface area contributed by atoms with Gasteiger partial charge in [0.25, 0.3) is 0 Å². The number of carbonyl (C=O) groups excluding carboxylic acids is 3. The number of piperazine rings is 1. The molecule has 0 aliphatic carbocycles. The summed E-state index contributed by atoms with van der Waals surface area (Å²) in [5, 5.41) is 5.67. The van der Waals surface area contributed by atoms with Gasteiger partial charge in [-0.25, -0.2) is 0 Å². The largest absolute Gasteiger partial charge is 0.465 e. The third-order valence-electron chi connectivity index (χ3n) is 6.20. The molecule has 0 radical (unpaired) electrons. The van der Waals surface area contributed by atoms with E-state index in [-0.39, 0.29) is 30.0 Å². The van der Waals surface area contributed by atoms with E-state index in [1.54, 1.807) is 4.90 Å². The van der Waals surface area contributed by atoms with Gasteiger partial charge >= 0.3 is 5.97 Å². The van der Waals surface area contributed by atoms with Gasteiger partial charge < -0.3 is 20.3 Å². The lowest BCUT2D eigenvalue weighted by molar-refractivity contribution is -0.147. The molecule has 2 N–H and O–H groups in total. The van der Waals surface area contributed by atoms with Crippen molar-refractivity contribution < 1.29 is 19.1 Å². The summed E-state index contributed by atoms with van der Waals surface area (Å²) in [5.41, 5.74) is 3.18. The van der Waals surface area contributed by atoms with Gasteiger partial charge in [-0.05, 0) is 48.2 Å². The van der Waals surface area contributed by atoms with Crippen LogP contribution in [0.2, 0.25) is 0 Å². The third kappa shape index (κ3) is 7.88. The minimum atomic E-state index is -0.832. The number of thiocarbonyl (C=S) groups is 1. The molecule has 1 fully saturated rings. The van der Waals surface area contributed by atoms with Crippen LogP contribution in [0.15, 0.2) is 54.6 Å². The smallest absolute Gasteiger partial charge is 0.308 e. The number of rotatable bonds is 9. The molecule has 2 aromatic rings. The van der Waals surface area contributed by atoms with E-state index < -0.39 is 17.9 Å². The normalized spacial score (nSPS) is 16.3. The molecule has 0 spiro atoms. The summed E-state index contributed by atoms with van der Waals surface area (Å²) in [6.45, 7) is 7.16. The molecular formula is C28H35N3O4S. The SMILES string of the molecule is CC(C)Cc1ccc(C(C)C(=O)NC(=S)N2CCNC(=O)C2CC(=O)OCCc2ccccc2)cc1. The number of hydrogen-bond acceptors (Lipinski definition) is 5. The van der Waals surface area contributed by atoms with E-state index in [0.29, 0.717) is 25.4 Å². The van der Waals surface area contributed by atoms with E-state index in [0.717, 1.165) is 17.5 Å². The highest BCUT2D eigenvalue weighted by atomic mass is 32.1. The van der Waals surface area contributed by atoms with Crippen molar-refractivity contribution in [3.05, 3.63) is 71.3 Å². The fourth-order valence-corrected chi connectivity index (χ4v) is 4.47. The Bertz CT molecular complexity index is 1060. The Morgan fingerprint density at radius 2 is 1.78 bits per heavy atom. The van der Waals surface area contributed by atoms with Crippen LogP contribution in [-0.2, 0) is 32.0 Å². The van der Waals surface area contributed by atoms with Gasteiger partial charge in [0.15, 0.2) is 5.11 Å². The minimum Gasteiger partial charge on any atom is -0.465 e. The molecular weight excluding hydrogens is 474 g/mol. The number of carbonyl (C=O) groups is 3. The van der Waals surface area contributed by atoms with Crippen LogP contribution in [0, 0.1) is 5.92 Å². The summed E-state index contributed by atoms with van der Waals surface area (Å²) in [4.78, 5) is 39.6. The molecule has 2 atom stereocenters. The molecule has 1 aliphatic heterocycles. The van der Waals surface area contributed by atoms with Crippen molar-refractivity contribution in [2.75, 3.05) is 19.7 Å². The van der Waals surface area contributed by atoms with Crippen LogP contribution in [0.4, 0.5) is 0 Å². The van der Waals surface area contributed by atoms with Crippen molar-refractivity contribution in [2.45, 2.75) is 52.0 Å². The van der Waals surface area contributed by atoms with E-state index >= 15 is 0 Å². The summed E-state index contributed by atoms with van der Waals surface area (Å²) in [6, 6.07) is 16.9. The molecule has 0 saturated carbocycles.